The van der Waals surface area contributed by atoms with E-state index in [4.69, 9.17) is 4.42 Å². The van der Waals surface area contributed by atoms with E-state index in [1.165, 1.54) is 12.8 Å². The minimum atomic E-state index is 0.0851. The number of rotatable bonds is 2. The fourth-order valence-corrected chi connectivity index (χ4v) is 4.16. The van der Waals surface area contributed by atoms with Crippen molar-refractivity contribution in [2.45, 2.75) is 51.2 Å². The fourth-order valence-electron chi connectivity index (χ4n) is 3.75. The van der Waals surface area contributed by atoms with E-state index in [0.29, 0.717) is 28.4 Å². The molecule has 2 saturated heterocycles. The highest BCUT2D eigenvalue weighted by Gasteiger charge is 2.39. The van der Waals surface area contributed by atoms with Gasteiger partial charge < -0.3 is 9.32 Å². The first-order valence-corrected chi connectivity index (χ1v) is 8.17. The minimum absolute atomic E-state index is 0.0851. The van der Waals surface area contributed by atoms with Gasteiger partial charge in [0.2, 0.25) is 0 Å². The summed E-state index contributed by atoms with van der Waals surface area (Å²) in [6.45, 7) is 6.21. The Balaban J connectivity index is 1.78. The summed E-state index contributed by atoms with van der Waals surface area (Å²) in [5.41, 5.74) is 0.638. The van der Waals surface area contributed by atoms with Crippen LogP contribution in [0.2, 0.25) is 0 Å². The van der Waals surface area contributed by atoms with Crippen molar-refractivity contribution in [1.29, 1.82) is 0 Å². The average molecular weight is 341 g/mol. The van der Waals surface area contributed by atoms with Crippen molar-refractivity contribution in [3.8, 4) is 0 Å². The van der Waals surface area contributed by atoms with Gasteiger partial charge in [0.05, 0.1) is 11.8 Å². The van der Waals surface area contributed by atoms with Crippen molar-refractivity contribution in [2.24, 2.45) is 0 Å². The zero-order valence-electron chi connectivity index (χ0n) is 12.0. The second-order valence-electron chi connectivity index (χ2n) is 6.07. The van der Waals surface area contributed by atoms with E-state index < -0.39 is 0 Å². The van der Waals surface area contributed by atoms with Crippen molar-refractivity contribution in [3.63, 3.8) is 0 Å². The van der Waals surface area contributed by atoms with Gasteiger partial charge in [0.1, 0.15) is 0 Å². The maximum atomic E-state index is 12.6. The molecule has 110 valence electrons. The van der Waals surface area contributed by atoms with Gasteiger partial charge in [-0.05, 0) is 55.1 Å². The van der Waals surface area contributed by atoms with Crippen LogP contribution in [0.15, 0.2) is 21.4 Å². The zero-order valence-corrected chi connectivity index (χ0v) is 13.6. The summed E-state index contributed by atoms with van der Waals surface area (Å²) in [5.74, 6) is 0.0851. The predicted octanol–water partition coefficient (Wildman–Crippen LogP) is 3.13. The standard InChI is InChI=1S/C15H21BrN2O2/c1-10(2)18-11-3-4-12(18)9-17(7-5-11)15(19)13-6-8-20-14(13)16/h6,8,10-12H,3-5,7,9H2,1-2H3. The van der Waals surface area contributed by atoms with E-state index in [2.05, 4.69) is 34.7 Å². The highest BCUT2D eigenvalue weighted by atomic mass is 79.9. The van der Waals surface area contributed by atoms with Gasteiger partial charge in [-0.3, -0.25) is 9.69 Å². The Bertz CT molecular complexity index is 500. The van der Waals surface area contributed by atoms with Gasteiger partial charge in [-0.2, -0.15) is 0 Å². The third-order valence-corrected chi connectivity index (χ3v) is 5.19. The Kier molecular flexibility index (Phi) is 3.91. The molecule has 0 spiro atoms. The summed E-state index contributed by atoms with van der Waals surface area (Å²) in [5, 5.41) is 0. The number of amides is 1. The summed E-state index contributed by atoms with van der Waals surface area (Å²) in [4.78, 5) is 17.2. The SMILES string of the molecule is CC(C)N1C2CCC1CN(C(=O)c1ccoc1Br)CC2. The largest absolute Gasteiger partial charge is 0.457 e. The molecule has 2 fully saturated rings. The number of carbonyl (C=O) groups excluding carboxylic acids is 1. The van der Waals surface area contributed by atoms with Crippen LogP contribution in [0.4, 0.5) is 0 Å². The molecule has 0 N–H and O–H groups in total. The Morgan fingerprint density at radius 3 is 2.75 bits per heavy atom. The van der Waals surface area contributed by atoms with Gasteiger partial charge in [0, 0.05) is 31.2 Å². The lowest BCUT2D eigenvalue weighted by Gasteiger charge is -2.32. The molecule has 2 aliphatic heterocycles. The second kappa shape index (κ2) is 5.53. The van der Waals surface area contributed by atoms with E-state index in [1.54, 1.807) is 12.3 Å². The van der Waals surface area contributed by atoms with Crippen molar-refractivity contribution < 1.29 is 9.21 Å². The first kappa shape index (κ1) is 14.1. The number of hydrogen-bond acceptors (Lipinski definition) is 3. The van der Waals surface area contributed by atoms with Gasteiger partial charge in [0.25, 0.3) is 5.91 Å². The molecule has 1 amide bonds. The molecule has 0 aliphatic carbocycles. The summed E-state index contributed by atoms with van der Waals surface area (Å²) < 4.78 is 5.73. The maximum absolute atomic E-state index is 12.6. The highest BCUT2D eigenvalue weighted by molar-refractivity contribution is 9.10. The van der Waals surface area contributed by atoms with Crippen LogP contribution in [-0.2, 0) is 0 Å². The molecule has 2 unspecified atom stereocenters. The molecule has 3 rings (SSSR count). The van der Waals surface area contributed by atoms with Crippen LogP contribution in [-0.4, -0.2) is 46.9 Å². The topological polar surface area (TPSA) is 36.7 Å². The molecule has 0 saturated carbocycles. The number of furan rings is 1. The first-order valence-electron chi connectivity index (χ1n) is 7.37. The summed E-state index contributed by atoms with van der Waals surface area (Å²) in [7, 11) is 0. The van der Waals surface area contributed by atoms with Crippen LogP contribution in [0.5, 0.6) is 0 Å². The number of fused-ring (bicyclic) bond motifs is 2. The van der Waals surface area contributed by atoms with Crippen molar-refractivity contribution >= 4 is 21.8 Å². The molecule has 5 heteroatoms. The van der Waals surface area contributed by atoms with Crippen molar-refractivity contribution in [1.82, 2.24) is 9.80 Å². The van der Waals surface area contributed by atoms with Crippen molar-refractivity contribution in [3.05, 3.63) is 22.6 Å². The van der Waals surface area contributed by atoms with Gasteiger partial charge in [-0.25, -0.2) is 0 Å². The van der Waals surface area contributed by atoms with E-state index in [-0.39, 0.29) is 5.91 Å². The Labute approximate surface area is 128 Å². The van der Waals surface area contributed by atoms with Gasteiger partial charge in [0.15, 0.2) is 4.67 Å². The van der Waals surface area contributed by atoms with E-state index >= 15 is 0 Å². The smallest absolute Gasteiger partial charge is 0.258 e. The Morgan fingerprint density at radius 1 is 1.35 bits per heavy atom. The van der Waals surface area contributed by atoms with Crippen LogP contribution in [0.1, 0.15) is 43.5 Å². The maximum Gasteiger partial charge on any atom is 0.258 e. The number of nitrogens with zero attached hydrogens (tertiary/aromatic N) is 2. The molecule has 1 aromatic rings. The molecule has 2 atom stereocenters. The zero-order chi connectivity index (χ0) is 14.3. The summed E-state index contributed by atoms with van der Waals surface area (Å²) in [6.07, 6.45) is 5.12. The predicted molar refractivity (Wildman–Crippen MR) is 80.7 cm³/mol. The fraction of sp³-hybridized carbons (Fsp3) is 0.667. The van der Waals surface area contributed by atoms with Crippen molar-refractivity contribution in [2.75, 3.05) is 13.1 Å². The second-order valence-corrected chi connectivity index (χ2v) is 6.79. The van der Waals surface area contributed by atoms with E-state index in [1.807, 2.05) is 4.90 Å². The lowest BCUT2D eigenvalue weighted by molar-refractivity contribution is 0.0726. The molecule has 3 heterocycles. The third-order valence-electron chi connectivity index (χ3n) is 4.57. The molecular weight excluding hydrogens is 320 g/mol. The minimum Gasteiger partial charge on any atom is -0.457 e. The van der Waals surface area contributed by atoms with Crippen LogP contribution >= 0.6 is 15.9 Å². The molecule has 0 aromatic carbocycles. The molecule has 2 bridgehead atoms. The summed E-state index contributed by atoms with van der Waals surface area (Å²) >= 11 is 3.30. The lowest BCUT2D eigenvalue weighted by atomic mass is 10.1. The van der Waals surface area contributed by atoms with E-state index in [9.17, 15) is 4.79 Å². The number of carbonyl (C=O) groups is 1. The monoisotopic (exact) mass is 340 g/mol. The molecule has 4 nitrogen and oxygen atoms in total. The molecule has 1 aromatic heterocycles. The number of hydrogen-bond donors (Lipinski definition) is 0. The Hall–Kier alpha value is -0.810. The molecular formula is C15H21BrN2O2. The molecule has 2 aliphatic rings. The third kappa shape index (κ3) is 2.42. The van der Waals surface area contributed by atoms with Gasteiger partial charge >= 0.3 is 0 Å². The van der Waals surface area contributed by atoms with Gasteiger partial charge in [-0.1, -0.05) is 0 Å². The quantitative estimate of drug-likeness (QED) is 0.829. The highest BCUT2D eigenvalue weighted by Crippen LogP contribution is 2.32. The number of likely N-dealkylation sites (tertiary alicyclic amines) is 1. The van der Waals surface area contributed by atoms with Crippen LogP contribution in [0.3, 0.4) is 0 Å². The van der Waals surface area contributed by atoms with Crippen LogP contribution in [0.25, 0.3) is 0 Å². The van der Waals surface area contributed by atoms with Crippen LogP contribution in [0, 0.1) is 0 Å². The Morgan fingerprint density at radius 2 is 2.10 bits per heavy atom. The van der Waals surface area contributed by atoms with E-state index in [0.717, 1.165) is 19.5 Å². The normalized spacial score (nSPS) is 27.1. The van der Waals surface area contributed by atoms with Crippen LogP contribution < -0.4 is 0 Å². The lowest BCUT2D eigenvalue weighted by Crippen LogP contribution is -2.44. The summed E-state index contributed by atoms with van der Waals surface area (Å²) in [6, 6.07) is 3.46. The molecule has 20 heavy (non-hydrogen) atoms. The average Bonchev–Trinajstić information content (AvgIpc) is 2.92. The first-order chi connectivity index (χ1) is 9.58. The number of halogens is 1. The molecule has 0 radical (unpaired) electrons. The van der Waals surface area contributed by atoms with Gasteiger partial charge in [-0.15, -0.1) is 0 Å².